The SMILES string of the molecule is FC(F)(F)Oc1ccc(-n2c(-c3ccncc3)n[nH]c2=S)cc1. The van der Waals surface area contributed by atoms with Crippen molar-refractivity contribution in [3.05, 3.63) is 53.6 Å². The van der Waals surface area contributed by atoms with Crippen LogP contribution in [0.5, 0.6) is 5.75 Å². The summed E-state index contributed by atoms with van der Waals surface area (Å²) in [6.07, 6.45) is -1.51. The molecule has 3 aromatic rings. The second-order valence-corrected chi connectivity index (χ2v) is 4.85. The molecule has 9 heteroatoms. The van der Waals surface area contributed by atoms with Crippen LogP contribution in [0.25, 0.3) is 17.1 Å². The molecule has 0 unspecified atom stereocenters. The first-order valence-corrected chi connectivity index (χ1v) is 6.79. The average molecular weight is 338 g/mol. The number of nitrogens with zero attached hydrogens (tertiary/aromatic N) is 3. The minimum Gasteiger partial charge on any atom is -0.406 e. The standard InChI is InChI=1S/C14H9F3N4OS/c15-14(16,17)22-11-3-1-10(2-4-11)21-12(19-20-13(21)23)9-5-7-18-8-6-9/h1-8H,(H,20,23). The van der Waals surface area contributed by atoms with Gasteiger partial charge in [-0.15, -0.1) is 13.2 Å². The summed E-state index contributed by atoms with van der Waals surface area (Å²) in [6, 6.07) is 8.88. The Labute approximate surface area is 133 Å². The van der Waals surface area contributed by atoms with E-state index in [9.17, 15) is 13.2 Å². The average Bonchev–Trinajstić information content (AvgIpc) is 2.89. The Balaban J connectivity index is 2.00. The molecule has 0 aliphatic rings. The molecule has 23 heavy (non-hydrogen) atoms. The first kappa shape index (κ1) is 15.2. The second kappa shape index (κ2) is 5.84. The second-order valence-electron chi connectivity index (χ2n) is 4.47. The number of H-pyrrole nitrogens is 1. The lowest BCUT2D eigenvalue weighted by Crippen LogP contribution is -2.17. The largest absolute Gasteiger partial charge is 0.573 e. The zero-order chi connectivity index (χ0) is 16.4. The Hall–Kier alpha value is -2.68. The molecular weight excluding hydrogens is 329 g/mol. The first-order chi connectivity index (χ1) is 10.9. The Bertz CT molecular complexity index is 856. The normalized spacial score (nSPS) is 11.4. The van der Waals surface area contributed by atoms with Gasteiger partial charge in [-0.05, 0) is 48.6 Å². The maximum atomic E-state index is 12.2. The Morgan fingerprint density at radius 3 is 2.30 bits per heavy atom. The van der Waals surface area contributed by atoms with Crippen LogP contribution in [0.3, 0.4) is 0 Å². The predicted octanol–water partition coefficient (Wildman–Crippen LogP) is 3.89. The molecule has 5 nitrogen and oxygen atoms in total. The number of aromatic amines is 1. The van der Waals surface area contributed by atoms with E-state index in [2.05, 4.69) is 19.9 Å². The summed E-state index contributed by atoms with van der Waals surface area (Å²) in [7, 11) is 0. The number of nitrogens with one attached hydrogen (secondary N) is 1. The number of pyridine rings is 1. The van der Waals surface area contributed by atoms with Crippen molar-refractivity contribution in [3.63, 3.8) is 0 Å². The van der Waals surface area contributed by atoms with E-state index in [1.54, 1.807) is 29.1 Å². The number of aromatic nitrogens is 4. The number of halogens is 3. The van der Waals surface area contributed by atoms with Crippen molar-refractivity contribution in [2.24, 2.45) is 0 Å². The molecule has 0 bridgehead atoms. The molecule has 0 saturated heterocycles. The van der Waals surface area contributed by atoms with Crippen LogP contribution in [-0.4, -0.2) is 26.1 Å². The molecule has 0 atom stereocenters. The quantitative estimate of drug-likeness (QED) is 0.736. The summed E-state index contributed by atoms with van der Waals surface area (Å²) in [5.74, 6) is 0.226. The van der Waals surface area contributed by atoms with Gasteiger partial charge < -0.3 is 4.74 Å². The third-order valence-electron chi connectivity index (χ3n) is 2.94. The van der Waals surface area contributed by atoms with Gasteiger partial charge in [-0.2, -0.15) is 5.10 Å². The molecule has 1 aromatic carbocycles. The summed E-state index contributed by atoms with van der Waals surface area (Å²) >= 11 is 5.19. The highest BCUT2D eigenvalue weighted by molar-refractivity contribution is 7.71. The van der Waals surface area contributed by atoms with Gasteiger partial charge in [-0.25, -0.2) is 0 Å². The number of hydrogen-bond donors (Lipinski definition) is 1. The number of rotatable bonds is 3. The van der Waals surface area contributed by atoms with Crippen molar-refractivity contribution in [3.8, 4) is 22.8 Å². The number of ether oxygens (including phenoxy) is 1. The molecule has 0 saturated carbocycles. The molecule has 0 aliphatic carbocycles. The zero-order valence-electron chi connectivity index (χ0n) is 11.4. The topological polar surface area (TPSA) is 55.7 Å². The van der Waals surface area contributed by atoms with Crippen LogP contribution in [0.4, 0.5) is 13.2 Å². The Morgan fingerprint density at radius 1 is 1.04 bits per heavy atom. The van der Waals surface area contributed by atoms with Crippen LogP contribution < -0.4 is 4.74 Å². The van der Waals surface area contributed by atoms with E-state index < -0.39 is 6.36 Å². The number of alkyl halides is 3. The van der Waals surface area contributed by atoms with Crippen molar-refractivity contribution in [2.45, 2.75) is 6.36 Å². The molecule has 0 radical (unpaired) electrons. The monoisotopic (exact) mass is 338 g/mol. The number of benzene rings is 1. The summed E-state index contributed by atoms with van der Waals surface area (Å²) in [6.45, 7) is 0. The molecule has 2 aromatic heterocycles. The fourth-order valence-electron chi connectivity index (χ4n) is 2.03. The lowest BCUT2D eigenvalue weighted by Gasteiger charge is -2.10. The van der Waals surface area contributed by atoms with Gasteiger partial charge in [-0.1, -0.05) is 0 Å². The van der Waals surface area contributed by atoms with Gasteiger partial charge in [0.2, 0.25) is 0 Å². The van der Waals surface area contributed by atoms with Gasteiger partial charge in [0.25, 0.3) is 0 Å². The van der Waals surface area contributed by atoms with E-state index in [-0.39, 0.29) is 5.75 Å². The van der Waals surface area contributed by atoms with E-state index >= 15 is 0 Å². The van der Waals surface area contributed by atoms with Crippen LogP contribution in [-0.2, 0) is 0 Å². The maximum Gasteiger partial charge on any atom is 0.573 e. The highest BCUT2D eigenvalue weighted by Gasteiger charge is 2.31. The third-order valence-corrected chi connectivity index (χ3v) is 3.21. The van der Waals surface area contributed by atoms with Gasteiger partial charge in [0, 0.05) is 18.0 Å². The molecule has 0 spiro atoms. The Morgan fingerprint density at radius 2 is 1.70 bits per heavy atom. The molecule has 0 aliphatic heterocycles. The lowest BCUT2D eigenvalue weighted by molar-refractivity contribution is -0.274. The van der Waals surface area contributed by atoms with Gasteiger partial charge in [0.05, 0.1) is 5.69 Å². The van der Waals surface area contributed by atoms with Crippen molar-refractivity contribution in [1.82, 2.24) is 19.7 Å². The van der Waals surface area contributed by atoms with Gasteiger partial charge >= 0.3 is 6.36 Å². The fourth-order valence-corrected chi connectivity index (χ4v) is 2.27. The van der Waals surface area contributed by atoms with Crippen LogP contribution in [0.1, 0.15) is 0 Å². The molecule has 1 N–H and O–H groups in total. The Kier molecular flexibility index (Phi) is 3.87. The van der Waals surface area contributed by atoms with Crippen molar-refractivity contribution in [1.29, 1.82) is 0 Å². The molecule has 2 heterocycles. The third kappa shape index (κ3) is 3.39. The van der Waals surface area contributed by atoms with Crippen molar-refractivity contribution >= 4 is 12.2 Å². The molecule has 0 amide bonds. The highest BCUT2D eigenvalue weighted by Crippen LogP contribution is 2.25. The minimum absolute atomic E-state index is 0.304. The summed E-state index contributed by atoms with van der Waals surface area (Å²) < 4.78 is 42.4. The predicted molar refractivity (Wildman–Crippen MR) is 78.7 cm³/mol. The summed E-state index contributed by atoms with van der Waals surface area (Å²) in [5, 5.41) is 6.82. The summed E-state index contributed by atoms with van der Waals surface area (Å²) in [4.78, 5) is 3.93. The van der Waals surface area contributed by atoms with Gasteiger partial charge in [0.15, 0.2) is 10.6 Å². The lowest BCUT2D eigenvalue weighted by atomic mass is 10.2. The highest BCUT2D eigenvalue weighted by atomic mass is 32.1. The summed E-state index contributed by atoms with van der Waals surface area (Å²) in [5.41, 5.74) is 1.33. The van der Waals surface area contributed by atoms with Gasteiger partial charge in [-0.3, -0.25) is 14.6 Å². The van der Waals surface area contributed by atoms with E-state index in [1.165, 1.54) is 24.3 Å². The van der Waals surface area contributed by atoms with Crippen molar-refractivity contribution < 1.29 is 17.9 Å². The molecule has 0 fully saturated rings. The van der Waals surface area contributed by atoms with E-state index in [1.807, 2.05) is 0 Å². The van der Waals surface area contributed by atoms with Crippen LogP contribution in [0.2, 0.25) is 0 Å². The molecule has 118 valence electrons. The zero-order valence-corrected chi connectivity index (χ0v) is 12.2. The molecular formula is C14H9F3N4OS. The van der Waals surface area contributed by atoms with Gasteiger partial charge in [0.1, 0.15) is 5.75 Å². The maximum absolute atomic E-state index is 12.2. The van der Waals surface area contributed by atoms with Crippen LogP contribution in [0.15, 0.2) is 48.8 Å². The van der Waals surface area contributed by atoms with E-state index in [4.69, 9.17) is 12.2 Å². The van der Waals surface area contributed by atoms with Crippen LogP contribution >= 0.6 is 12.2 Å². The number of hydrogen-bond acceptors (Lipinski definition) is 4. The fraction of sp³-hybridized carbons (Fsp3) is 0.0714. The van der Waals surface area contributed by atoms with E-state index in [0.717, 1.165) is 5.56 Å². The molecule has 3 rings (SSSR count). The van der Waals surface area contributed by atoms with Crippen LogP contribution in [0, 0.1) is 4.77 Å². The minimum atomic E-state index is -4.73. The van der Waals surface area contributed by atoms with Crippen molar-refractivity contribution in [2.75, 3.05) is 0 Å². The smallest absolute Gasteiger partial charge is 0.406 e. The van der Waals surface area contributed by atoms with E-state index in [0.29, 0.717) is 16.3 Å². The first-order valence-electron chi connectivity index (χ1n) is 6.38.